The van der Waals surface area contributed by atoms with Gasteiger partial charge in [0, 0.05) is 18.5 Å². The Kier molecular flexibility index (Phi) is 4.63. The van der Waals surface area contributed by atoms with E-state index in [0.29, 0.717) is 18.5 Å². The molecule has 0 aliphatic carbocycles. The molecule has 2 heterocycles. The van der Waals surface area contributed by atoms with Crippen molar-refractivity contribution in [2.24, 2.45) is 5.92 Å². The van der Waals surface area contributed by atoms with Gasteiger partial charge in [-0.2, -0.15) is 0 Å². The number of aliphatic hydroxyl groups excluding tert-OH is 1. The largest absolute Gasteiger partial charge is 0.391 e. The molecule has 3 nitrogen and oxygen atoms in total. The lowest BCUT2D eigenvalue weighted by Crippen LogP contribution is -2.44. The minimum atomic E-state index is -0.406. The Hall–Kier alpha value is -1.30. The van der Waals surface area contributed by atoms with Gasteiger partial charge in [0.2, 0.25) is 0 Å². The Bertz CT molecular complexity index is 575. The number of likely N-dealkylation sites (tertiary alicyclic amines) is 1. The Morgan fingerprint density at radius 1 is 1.38 bits per heavy atom. The lowest BCUT2D eigenvalue weighted by molar-refractivity contribution is 0.0181. The summed E-state index contributed by atoms with van der Waals surface area (Å²) in [5.41, 5.74) is 3.59. The highest BCUT2D eigenvalue weighted by Gasteiger charge is 2.28. The number of nitrogens with zero attached hydrogens (tertiary/aromatic N) is 2. The number of hydrogen-bond acceptors (Lipinski definition) is 4. The molecule has 1 aromatic heterocycles. The summed E-state index contributed by atoms with van der Waals surface area (Å²) in [4.78, 5) is 6.50. The summed E-state index contributed by atoms with van der Waals surface area (Å²) in [5.74, 6) is -0.0387. The fourth-order valence-corrected chi connectivity index (χ4v) is 3.47. The number of piperidine rings is 1. The van der Waals surface area contributed by atoms with Gasteiger partial charge in [-0.3, -0.25) is 4.90 Å². The van der Waals surface area contributed by atoms with E-state index in [0.717, 1.165) is 25.2 Å². The summed E-state index contributed by atoms with van der Waals surface area (Å²) >= 11 is 1.59. The van der Waals surface area contributed by atoms with Crippen LogP contribution in [0.1, 0.15) is 17.7 Å². The average molecular weight is 306 g/mol. The minimum absolute atomic E-state index is 0.133. The van der Waals surface area contributed by atoms with Crippen molar-refractivity contribution < 1.29 is 9.50 Å². The summed E-state index contributed by atoms with van der Waals surface area (Å²) < 4.78 is 13.7. The highest BCUT2D eigenvalue weighted by molar-refractivity contribution is 7.07. The van der Waals surface area contributed by atoms with Gasteiger partial charge in [0.15, 0.2) is 0 Å². The highest BCUT2D eigenvalue weighted by atomic mass is 32.1. The zero-order chi connectivity index (χ0) is 14.7. The predicted octanol–water partition coefficient (Wildman–Crippen LogP) is 2.71. The van der Waals surface area contributed by atoms with Crippen molar-refractivity contribution >= 4 is 11.3 Å². The summed E-state index contributed by atoms with van der Waals surface area (Å²) in [6.07, 6.45) is 1.09. The second-order valence-electron chi connectivity index (χ2n) is 5.63. The van der Waals surface area contributed by atoms with Gasteiger partial charge in [0.05, 0.1) is 17.3 Å². The molecule has 0 radical (unpaired) electrons. The van der Waals surface area contributed by atoms with Gasteiger partial charge in [0.25, 0.3) is 0 Å². The summed E-state index contributed by atoms with van der Waals surface area (Å²) in [6, 6.07) is 6.84. The first-order valence-corrected chi connectivity index (χ1v) is 8.17. The number of rotatable bonds is 4. The lowest BCUT2D eigenvalue weighted by atomic mass is 9.87. The first-order valence-electron chi connectivity index (χ1n) is 7.23. The number of benzene rings is 1. The minimum Gasteiger partial charge on any atom is -0.391 e. The van der Waals surface area contributed by atoms with Crippen LogP contribution < -0.4 is 0 Å². The van der Waals surface area contributed by atoms with Gasteiger partial charge in [-0.15, -0.1) is 11.3 Å². The topological polar surface area (TPSA) is 36.4 Å². The van der Waals surface area contributed by atoms with Crippen LogP contribution in [0.15, 0.2) is 35.2 Å². The lowest BCUT2D eigenvalue weighted by Gasteiger charge is -2.35. The maximum Gasteiger partial charge on any atom is 0.126 e. The Labute approximate surface area is 128 Å². The maximum absolute atomic E-state index is 13.7. The molecular weight excluding hydrogens is 287 g/mol. The van der Waals surface area contributed by atoms with Crippen LogP contribution in [0.2, 0.25) is 0 Å². The number of thiazole rings is 1. The van der Waals surface area contributed by atoms with E-state index in [1.165, 1.54) is 6.07 Å². The molecule has 2 aromatic rings. The van der Waals surface area contributed by atoms with Crippen molar-refractivity contribution in [2.45, 2.75) is 25.5 Å². The Morgan fingerprint density at radius 3 is 2.95 bits per heavy atom. The van der Waals surface area contributed by atoms with Crippen LogP contribution in [-0.4, -0.2) is 34.2 Å². The fourth-order valence-electron chi connectivity index (χ4n) is 2.92. The first-order chi connectivity index (χ1) is 10.2. The third-order valence-electron chi connectivity index (χ3n) is 4.11. The molecule has 1 saturated heterocycles. The quantitative estimate of drug-likeness (QED) is 0.943. The van der Waals surface area contributed by atoms with E-state index in [-0.39, 0.29) is 11.7 Å². The van der Waals surface area contributed by atoms with Crippen molar-refractivity contribution in [3.63, 3.8) is 0 Å². The van der Waals surface area contributed by atoms with Crippen molar-refractivity contribution in [1.82, 2.24) is 9.88 Å². The molecule has 1 N–H and O–H groups in total. The van der Waals surface area contributed by atoms with Crippen LogP contribution in [0, 0.1) is 11.7 Å². The summed E-state index contributed by atoms with van der Waals surface area (Å²) in [7, 11) is 0. The number of aromatic nitrogens is 1. The van der Waals surface area contributed by atoms with E-state index < -0.39 is 6.10 Å². The van der Waals surface area contributed by atoms with Crippen molar-refractivity contribution in [2.75, 3.05) is 13.1 Å². The molecule has 1 fully saturated rings. The van der Waals surface area contributed by atoms with Gasteiger partial charge in [-0.25, -0.2) is 9.37 Å². The molecule has 5 heteroatoms. The molecule has 112 valence electrons. The average Bonchev–Trinajstić information content (AvgIpc) is 2.97. The molecule has 1 aliphatic rings. The van der Waals surface area contributed by atoms with Crippen molar-refractivity contribution in [1.29, 1.82) is 0 Å². The second-order valence-corrected chi connectivity index (χ2v) is 6.35. The standard InChI is InChI=1S/C16H19FN2OS/c17-15-4-2-1-3-12(15)7-13-5-6-19(9-16(13)20)8-14-10-21-11-18-14/h1-4,10-11,13,16,20H,5-9H2/t13-,16+/m1/s1. The monoisotopic (exact) mass is 306 g/mol. The van der Waals surface area contributed by atoms with Gasteiger partial charge in [-0.05, 0) is 36.9 Å². The predicted molar refractivity (Wildman–Crippen MR) is 81.6 cm³/mol. The maximum atomic E-state index is 13.7. The zero-order valence-corrected chi connectivity index (χ0v) is 12.6. The molecule has 0 unspecified atom stereocenters. The molecule has 0 saturated carbocycles. The fraction of sp³-hybridized carbons (Fsp3) is 0.438. The number of halogens is 1. The van der Waals surface area contributed by atoms with Crippen molar-refractivity contribution in [3.8, 4) is 0 Å². The second kappa shape index (κ2) is 6.64. The number of aliphatic hydroxyl groups is 1. The first kappa shape index (κ1) is 14.6. The highest BCUT2D eigenvalue weighted by Crippen LogP contribution is 2.24. The molecule has 0 bridgehead atoms. The molecule has 1 aromatic carbocycles. The number of hydrogen-bond donors (Lipinski definition) is 1. The third-order valence-corrected chi connectivity index (χ3v) is 4.75. The summed E-state index contributed by atoms with van der Waals surface area (Å²) in [5, 5.41) is 12.4. The third kappa shape index (κ3) is 3.67. The van der Waals surface area contributed by atoms with E-state index >= 15 is 0 Å². The van der Waals surface area contributed by atoms with Gasteiger partial charge >= 0.3 is 0 Å². The molecule has 0 amide bonds. The molecule has 0 spiro atoms. The van der Waals surface area contributed by atoms with E-state index in [9.17, 15) is 9.50 Å². The van der Waals surface area contributed by atoms with E-state index in [1.54, 1.807) is 17.4 Å². The van der Waals surface area contributed by atoms with Gasteiger partial charge in [-0.1, -0.05) is 18.2 Å². The van der Waals surface area contributed by atoms with Crippen molar-refractivity contribution in [3.05, 3.63) is 52.2 Å². The molecule has 1 aliphatic heterocycles. The SMILES string of the molecule is O[C@H]1CN(Cc2cscn2)CC[C@@H]1Cc1ccccc1F. The normalized spacial score (nSPS) is 23.3. The van der Waals surface area contributed by atoms with Crippen LogP contribution in [0.4, 0.5) is 4.39 Å². The molecule has 2 atom stereocenters. The zero-order valence-electron chi connectivity index (χ0n) is 11.8. The van der Waals surface area contributed by atoms with E-state index in [4.69, 9.17) is 0 Å². The van der Waals surface area contributed by atoms with E-state index in [2.05, 4.69) is 9.88 Å². The van der Waals surface area contributed by atoms with Crippen LogP contribution in [0.25, 0.3) is 0 Å². The van der Waals surface area contributed by atoms with Crippen LogP contribution in [0.3, 0.4) is 0 Å². The molecular formula is C16H19FN2OS. The molecule has 21 heavy (non-hydrogen) atoms. The van der Waals surface area contributed by atoms with Crippen LogP contribution in [-0.2, 0) is 13.0 Å². The smallest absolute Gasteiger partial charge is 0.126 e. The molecule has 3 rings (SSSR count). The Morgan fingerprint density at radius 2 is 2.24 bits per heavy atom. The Balaban J connectivity index is 1.57. The van der Waals surface area contributed by atoms with Gasteiger partial charge in [0.1, 0.15) is 5.82 Å². The van der Waals surface area contributed by atoms with Gasteiger partial charge < -0.3 is 5.11 Å². The van der Waals surface area contributed by atoms with Crippen LogP contribution in [0.5, 0.6) is 0 Å². The summed E-state index contributed by atoms with van der Waals surface area (Å²) in [6.45, 7) is 2.34. The number of β-amino-alcohol motifs (C(OH)–C–C–N with tert-alkyl or cyclic N) is 1. The van der Waals surface area contributed by atoms with Crippen LogP contribution >= 0.6 is 11.3 Å². The van der Waals surface area contributed by atoms with E-state index in [1.807, 2.05) is 23.0 Å².